The predicted octanol–water partition coefficient (Wildman–Crippen LogP) is 3.62. The molecule has 0 saturated carbocycles. The number of hydrogen-bond donors (Lipinski definition) is 0. The molecule has 3 nitrogen and oxygen atoms in total. The van der Waals surface area contributed by atoms with Crippen molar-refractivity contribution in [2.45, 2.75) is 11.8 Å². The zero-order valence-electron chi connectivity index (χ0n) is 15.1. The number of para-hydroxylation sites is 1. The topological polar surface area (TPSA) is 31.6 Å². The van der Waals surface area contributed by atoms with E-state index < -0.39 is 5.41 Å². The van der Waals surface area contributed by atoms with E-state index in [2.05, 4.69) is 30.4 Å². The van der Waals surface area contributed by atoms with Gasteiger partial charge in [0.1, 0.15) is 0 Å². The fourth-order valence-corrected chi connectivity index (χ4v) is 4.18. The number of nitrogens with zero attached hydrogens (tertiary/aromatic N) is 1. The van der Waals surface area contributed by atoms with E-state index in [4.69, 9.17) is 4.42 Å². The zero-order chi connectivity index (χ0) is 18.1. The highest BCUT2D eigenvalue weighted by Crippen LogP contribution is 2.49. The Morgan fingerprint density at radius 3 is 2.35 bits per heavy atom. The highest BCUT2D eigenvalue weighted by atomic mass is 16.4. The summed E-state index contributed by atoms with van der Waals surface area (Å²) in [7, 11) is 3.53. The Morgan fingerprint density at radius 2 is 1.65 bits per heavy atom. The predicted molar refractivity (Wildman–Crippen MR) is 104 cm³/mol. The lowest BCUT2D eigenvalue weighted by Crippen LogP contribution is -2.45. The molecule has 2 aromatic rings. The summed E-state index contributed by atoms with van der Waals surface area (Å²) in [6.45, 7) is 0. The van der Waals surface area contributed by atoms with Gasteiger partial charge in [-0.05, 0) is 23.6 Å². The van der Waals surface area contributed by atoms with Crippen molar-refractivity contribution < 1.29 is 9.22 Å². The first kappa shape index (κ1) is 16.5. The summed E-state index contributed by atoms with van der Waals surface area (Å²) in [6, 6.07) is 18.4. The maximum absolute atomic E-state index is 13.6. The average molecular weight is 344 g/mol. The standard InChI is InChI=1S/C23H22NO2/c1-24-21-11-7-6-10-20(21)23(22(24)25,16-17-8-4-3-5-9-17)18-12-14-19(26-2)15-13-18/h3-15,18H,16H2,1-2H3/q+1. The van der Waals surface area contributed by atoms with Gasteiger partial charge in [0.25, 0.3) is 7.11 Å². The molecule has 0 radical (unpaired) electrons. The van der Waals surface area contributed by atoms with Gasteiger partial charge in [-0.3, -0.25) is 9.22 Å². The van der Waals surface area contributed by atoms with Crippen LogP contribution in [-0.2, 0) is 21.1 Å². The number of allylic oxidation sites excluding steroid dienone is 4. The van der Waals surface area contributed by atoms with Crippen LogP contribution in [0.3, 0.4) is 0 Å². The van der Waals surface area contributed by atoms with Crippen molar-refractivity contribution in [1.29, 1.82) is 0 Å². The first-order valence-electron chi connectivity index (χ1n) is 8.86. The van der Waals surface area contributed by atoms with Crippen molar-refractivity contribution in [3.8, 4) is 0 Å². The molecule has 26 heavy (non-hydrogen) atoms. The summed E-state index contributed by atoms with van der Waals surface area (Å²) < 4.78 is 5.32. The number of benzene rings is 2. The number of likely N-dealkylation sites (N-methyl/N-ethyl adjacent to an activating group) is 1. The Bertz CT molecular complexity index is 910. The second-order valence-electron chi connectivity index (χ2n) is 6.87. The van der Waals surface area contributed by atoms with Crippen LogP contribution in [0.25, 0.3) is 0 Å². The summed E-state index contributed by atoms with van der Waals surface area (Å²) >= 11 is 0. The van der Waals surface area contributed by atoms with Crippen molar-refractivity contribution in [3.05, 3.63) is 90.0 Å². The SMILES string of the molecule is C[O+]=C1C=CC(C2(Cc3ccccc3)C(=O)N(C)c3ccccc32)C=C1. The van der Waals surface area contributed by atoms with Gasteiger partial charge in [0.2, 0.25) is 5.91 Å². The van der Waals surface area contributed by atoms with Crippen molar-refractivity contribution in [2.24, 2.45) is 5.92 Å². The van der Waals surface area contributed by atoms with Crippen LogP contribution in [0.1, 0.15) is 11.1 Å². The third kappa shape index (κ3) is 2.43. The molecule has 1 unspecified atom stereocenters. The van der Waals surface area contributed by atoms with Crippen molar-refractivity contribution in [2.75, 3.05) is 19.1 Å². The molecule has 4 rings (SSSR count). The Balaban J connectivity index is 1.89. The second kappa shape index (κ2) is 6.41. The molecule has 3 heteroatoms. The molecule has 0 bridgehead atoms. The van der Waals surface area contributed by atoms with E-state index in [1.807, 2.05) is 55.6 Å². The van der Waals surface area contributed by atoms with E-state index in [0.29, 0.717) is 6.42 Å². The van der Waals surface area contributed by atoms with Gasteiger partial charge in [-0.25, -0.2) is 0 Å². The van der Waals surface area contributed by atoms with Crippen LogP contribution in [0.5, 0.6) is 0 Å². The minimum atomic E-state index is -0.640. The number of ketones is 1. The average Bonchev–Trinajstić information content (AvgIpc) is 2.92. The van der Waals surface area contributed by atoms with Crippen LogP contribution in [-0.4, -0.2) is 25.8 Å². The number of anilines is 1. The largest absolute Gasteiger partial charge is 0.342 e. The van der Waals surface area contributed by atoms with Crippen molar-refractivity contribution in [1.82, 2.24) is 0 Å². The van der Waals surface area contributed by atoms with Crippen molar-refractivity contribution >= 4 is 17.4 Å². The molecule has 2 aliphatic rings. The Kier molecular flexibility index (Phi) is 4.08. The first-order valence-corrected chi connectivity index (χ1v) is 8.86. The van der Waals surface area contributed by atoms with E-state index >= 15 is 0 Å². The van der Waals surface area contributed by atoms with Crippen LogP contribution in [0.2, 0.25) is 0 Å². The molecule has 0 fully saturated rings. The summed E-state index contributed by atoms with van der Waals surface area (Å²) in [4.78, 5) is 15.4. The van der Waals surface area contributed by atoms with Gasteiger partial charge >= 0.3 is 5.78 Å². The Hall–Kier alpha value is -2.94. The number of amides is 1. The third-order valence-corrected chi connectivity index (χ3v) is 5.50. The maximum atomic E-state index is 13.6. The minimum absolute atomic E-state index is 0.0276. The van der Waals surface area contributed by atoms with Gasteiger partial charge in [-0.1, -0.05) is 60.7 Å². The summed E-state index contributed by atoms with van der Waals surface area (Å²) in [5.74, 6) is 0.922. The van der Waals surface area contributed by atoms with Gasteiger partial charge in [-0.15, -0.1) is 0 Å². The molecule has 0 spiro atoms. The fourth-order valence-electron chi connectivity index (χ4n) is 4.18. The van der Waals surface area contributed by atoms with Crippen LogP contribution in [0, 0.1) is 5.92 Å². The molecule has 0 saturated heterocycles. The van der Waals surface area contributed by atoms with Gasteiger partial charge in [0.15, 0.2) is 0 Å². The normalized spacial score (nSPS) is 24.1. The van der Waals surface area contributed by atoms with Gasteiger partial charge < -0.3 is 4.90 Å². The zero-order valence-corrected chi connectivity index (χ0v) is 15.1. The molecular formula is C23H22NO2+. The molecule has 0 aromatic heterocycles. The highest BCUT2D eigenvalue weighted by molar-refractivity contribution is 6.09. The van der Waals surface area contributed by atoms with Crippen LogP contribution in [0.4, 0.5) is 5.69 Å². The van der Waals surface area contributed by atoms with Gasteiger partial charge in [-0.2, -0.15) is 0 Å². The summed E-state index contributed by atoms with van der Waals surface area (Å²) in [6.07, 6.45) is 8.78. The van der Waals surface area contributed by atoms with Crippen molar-refractivity contribution in [3.63, 3.8) is 0 Å². The van der Waals surface area contributed by atoms with E-state index in [0.717, 1.165) is 22.6 Å². The molecule has 1 atom stereocenters. The molecule has 1 aliphatic carbocycles. The summed E-state index contributed by atoms with van der Waals surface area (Å²) in [5, 5.41) is 0. The molecule has 1 aliphatic heterocycles. The number of carbonyl (C=O) groups excluding carboxylic acids is 2. The minimum Gasteiger partial charge on any atom is -0.314 e. The lowest BCUT2D eigenvalue weighted by atomic mass is 9.66. The highest BCUT2D eigenvalue weighted by Gasteiger charge is 2.53. The van der Waals surface area contributed by atoms with Gasteiger partial charge in [0.05, 0.1) is 5.41 Å². The number of fused-ring (bicyclic) bond motifs is 1. The second-order valence-corrected chi connectivity index (χ2v) is 6.87. The molecule has 2 aromatic carbocycles. The van der Waals surface area contributed by atoms with Crippen LogP contribution >= 0.6 is 0 Å². The molecule has 1 amide bonds. The van der Waals surface area contributed by atoms with Crippen LogP contribution in [0.15, 0.2) is 78.9 Å². The molecule has 1 heterocycles. The molecular weight excluding hydrogens is 322 g/mol. The van der Waals surface area contributed by atoms with Gasteiger partial charge in [0, 0.05) is 30.8 Å². The smallest absolute Gasteiger partial charge is 0.314 e. The Labute approximate surface area is 154 Å². The number of carbonyl (C=O) groups is 1. The molecule has 130 valence electrons. The lowest BCUT2D eigenvalue weighted by Gasteiger charge is -2.34. The summed E-state index contributed by atoms with van der Waals surface area (Å²) in [5.41, 5.74) is 2.61. The molecule has 0 N–H and O–H groups in total. The monoisotopic (exact) mass is 344 g/mol. The third-order valence-electron chi connectivity index (χ3n) is 5.50. The fraction of sp³-hybridized carbons (Fsp3) is 0.217. The quantitative estimate of drug-likeness (QED) is 0.783. The Morgan fingerprint density at radius 1 is 1.00 bits per heavy atom. The number of hydrogen-bond acceptors (Lipinski definition) is 1. The van der Waals surface area contributed by atoms with Crippen LogP contribution < -0.4 is 4.90 Å². The first-order chi connectivity index (χ1) is 12.7. The van der Waals surface area contributed by atoms with E-state index in [1.54, 1.807) is 12.0 Å². The number of rotatable bonds is 3. The maximum Gasteiger partial charge on any atom is 0.342 e. The van der Waals surface area contributed by atoms with E-state index in [-0.39, 0.29) is 11.8 Å². The van der Waals surface area contributed by atoms with E-state index in [9.17, 15) is 4.79 Å². The lowest BCUT2D eigenvalue weighted by molar-refractivity contribution is -0.417. The van der Waals surface area contributed by atoms with E-state index in [1.165, 1.54) is 0 Å².